The Kier molecular flexibility index (Phi) is 2.10. The minimum Gasteiger partial charge on any atom is -0.384 e. The molecule has 0 saturated heterocycles. The van der Waals surface area contributed by atoms with Gasteiger partial charge in [0, 0.05) is 5.69 Å². The van der Waals surface area contributed by atoms with Gasteiger partial charge in [0.25, 0.3) is 0 Å². The quantitative estimate of drug-likeness (QED) is 0.379. The average Bonchev–Trinajstić information content (AvgIpc) is 1.85. The van der Waals surface area contributed by atoms with Gasteiger partial charge in [-0.3, -0.25) is 5.41 Å². The summed E-state index contributed by atoms with van der Waals surface area (Å²) in [5.41, 5.74) is 6.53. The summed E-state index contributed by atoms with van der Waals surface area (Å²) in [5, 5.41) is 7.39. The number of pyridine rings is 1. The molecule has 3 nitrogen and oxygen atoms in total. The second-order valence-electron chi connectivity index (χ2n) is 2.20. The lowest BCUT2D eigenvalue weighted by molar-refractivity contribution is 1.19. The highest BCUT2D eigenvalue weighted by molar-refractivity contribution is 6.32. The Hall–Kier alpha value is -1.09. The zero-order valence-electron chi connectivity index (χ0n) is 6.06. The Labute approximate surface area is 69.7 Å². The molecule has 1 heterocycles. The predicted octanol–water partition coefficient (Wildman–Crippen LogP) is 1.33. The summed E-state index contributed by atoms with van der Waals surface area (Å²) >= 11 is 5.69. The summed E-state index contributed by atoms with van der Waals surface area (Å²) in [7, 11) is 0. The zero-order chi connectivity index (χ0) is 8.43. The van der Waals surface area contributed by atoms with Crippen LogP contribution in [0, 0.1) is 12.3 Å². The van der Waals surface area contributed by atoms with Crippen molar-refractivity contribution < 1.29 is 0 Å². The van der Waals surface area contributed by atoms with Gasteiger partial charge in [-0.25, -0.2) is 4.98 Å². The zero-order valence-corrected chi connectivity index (χ0v) is 6.81. The van der Waals surface area contributed by atoms with Crippen LogP contribution in [-0.2, 0) is 0 Å². The van der Waals surface area contributed by atoms with Gasteiger partial charge in [-0.1, -0.05) is 11.6 Å². The molecule has 0 bridgehead atoms. The Morgan fingerprint density at radius 2 is 2.27 bits per heavy atom. The number of aromatic nitrogens is 1. The maximum absolute atomic E-state index is 7.10. The summed E-state index contributed by atoms with van der Waals surface area (Å²) in [6.07, 6.45) is 0. The van der Waals surface area contributed by atoms with Crippen LogP contribution in [0.1, 0.15) is 11.3 Å². The van der Waals surface area contributed by atoms with Crippen molar-refractivity contribution in [3.63, 3.8) is 0 Å². The van der Waals surface area contributed by atoms with Crippen LogP contribution in [0.5, 0.6) is 0 Å². The molecule has 0 fully saturated rings. The van der Waals surface area contributed by atoms with E-state index in [1.165, 1.54) is 0 Å². The molecule has 0 amide bonds. The number of nitrogen functional groups attached to an aromatic ring is 1. The lowest BCUT2D eigenvalue weighted by Crippen LogP contribution is -2.12. The Morgan fingerprint density at radius 3 is 2.73 bits per heavy atom. The van der Waals surface area contributed by atoms with E-state index in [0.717, 1.165) is 5.69 Å². The maximum Gasteiger partial charge on any atom is 0.140 e. The van der Waals surface area contributed by atoms with E-state index in [1.54, 1.807) is 12.1 Å². The van der Waals surface area contributed by atoms with Crippen molar-refractivity contribution in [2.75, 3.05) is 0 Å². The summed E-state index contributed by atoms with van der Waals surface area (Å²) in [4.78, 5) is 3.94. The minimum absolute atomic E-state index is 0.0532. The smallest absolute Gasteiger partial charge is 0.140 e. The fraction of sp³-hybridized carbons (Fsp3) is 0.143. The molecule has 0 atom stereocenters. The maximum atomic E-state index is 7.10. The van der Waals surface area contributed by atoms with Crippen LogP contribution in [0.15, 0.2) is 12.1 Å². The van der Waals surface area contributed by atoms with E-state index < -0.39 is 0 Å². The van der Waals surface area contributed by atoms with Crippen LogP contribution in [-0.4, -0.2) is 10.8 Å². The highest BCUT2D eigenvalue weighted by atomic mass is 35.5. The second-order valence-corrected chi connectivity index (χ2v) is 2.56. The molecule has 0 aromatic carbocycles. The normalized spacial score (nSPS) is 9.64. The fourth-order valence-corrected chi connectivity index (χ4v) is 1.02. The molecule has 0 spiro atoms. The molecule has 1 aromatic heterocycles. The SMILES string of the molecule is Cc1ccc(C(=N)N)c(Cl)n1. The molecule has 11 heavy (non-hydrogen) atoms. The minimum atomic E-state index is -0.0532. The van der Waals surface area contributed by atoms with Crippen LogP contribution in [0.25, 0.3) is 0 Å². The van der Waals surface area contributed by atoms with E-state index in [4.69, 9.17) is 22.7 Å². The molecule has 0 aliphatic carbocycles. The number of rotatable bonds is 1. The van der Waals surface area contributed by atoms with Crippen LogP contribution < -0.4 is 5.73 Å². The lowest BCUT2D eigenvalue weighted by atomic mass is 10.2. The third-order valence-electron chi connectivity index (χ3n) is 1.28. The van der Waals surface area contributed by atoms with Gasteiger partial charge in [0.1, 0.15) is 11.0 Å². The summed E-state index contributed by atoms with van der Waals surface area (Å²) in [5.74, 6) is -0.0532. The molecule has 0 unspecified atom stereocenters. The average molecular weight is 170 g/mol. The molecule has 1 rings (SSSR count). The molecule has 0 aliphatic rings. The molecule has 1 aromatic rings. The van der Waals surface area contributed by atoms with Gasteiger partial charge in [-0.15, -0.1) is 0 Å². The molecule has 0 saturated carbocycles. The van der Waals surface area contributed by atoms with Gasteiger partial charge in [0.05, 0.1) is 5.56 Å². The molecule has 4 heteroatoms. The highest BCUT2D eigenvalue weighted by Gasteiger charge is 2.03. The monoisotopic (exact) mass is 169 g/mol. The van der Waals surface area contributed by atoms with Crippen molar-refractivity contribution in [3.8, 4) is 0 Å². The molecular weight excluding hydrogens is 162 g/mol. The first-order valence-corrected chi connectivity index (χ1v) is 3.46. The van der Waals surface area contributed by atoms with Crippen LogP contribution in [0.3, 0.4) is 0 Å². The van der Waals surface area contributed by atoms with Gasteiger partial charge in [-0.05, 0) is 19.1 Å². The van der Waals surface area contributed by atoms with Crippen molar-refractivity contribution in [2.45, 2.75) is 6.92 Å². The van der Waals surface area contributed by atoms with Gasteiger partial charge < -0.3 is 5.73 Å². The van der Waals surface area contributed by atoms with Gasteiger partial charge >= 0.3 is 0 Å². The second kappa shape index (κ2) is 2.88. The van der Waals surface area contributed by atoms with Crippen LogP contribution in [0.2, 0.25) is 5.15 Å². The number of halogens is 1. The highest BCUT2D eigenvalue weighted by Crippen LogP contribution is 2.11. The number of hydrogen-bond donors (Lipinski definition) is 2. The summed E-state index contributed by atoms with van der Waals surface area (Å²) < 4.78 is 0. The third-order valence-corrected chi connectivity index (χ3v) is 1.57. The molecular formula is C7H8ClN3. The Morgan fingerprint density at radius 1 is 1.64 bits per heavy atom. The fourth-order valence-electron chi connectivity index (χ4n) is 0.726. The van der Waals surface area contributed by atoms with E-state index in [1.807, 2.05) is 6.92 Å². The van der Waals surface area contributed by atoms with Gasteiger partial charge in [-0.2, -0.15) is 0 Å². The number of aryl methyl sites for hydroxylation is 1. The van der Waals surface area contributed by atoms with Gasteiger partial charge in [0.15, 0.2) is 0 Å². The Balaban J connectivity index is 3.20. The first kappa shape index (κ1) is 8.01. The summed E-state index contributed by atoms with van der Waals surface area (Å²) in [6, 6.07) is 3.45. The van der Waals surface area contributed by atoms with Crippen molar-refractivity contribution in [3.05, 3.63) is 28.5 Å². The van der Waals surface area contributed by atoms with E-state index in [-0.39, 0.29) is 11.0 Å². The van der Waals surface area contributed by atoms with Gasteiger partial charge in [0.2, 0.25) is 0 Å². The molecule has 58 valence electrons. The van der Waals surface area contributed by atoms with E-state index in [9.17, 15) is 0 Å². The third kappa shape index (κ3) is 1.68. The largest absolute Gasteiger partial charge is 0.384 e. The van der Waals surface area contributed by atoms with E-state index in [2.05, 4.69) is 4.98 Å². The first-order chi connectivity index (χ1) is 5.11. The Bertz CT molecular complexity index is 296. The standard InChI is InChI=1S/C7H8ClN3/c1-4-2-3-5(7(9)10)6(8)11-4/h2-3H,1H3,(H3,9,10). The summed E-state index contributed by atoms with van der Waals surface area (Å²) in [6.45, 7) is 1.83. The van der Waals surface area contributed by atoms with Crippen molar-refractivity contribution >= 4 is 17.4 Å². The number of nitrogens with zero attached hydrogens (tertiary/aromatic N) is 1. The number of amidine groups is 1. The number of nitrogens with two attached hydrogens (primary N) is 1. The number of hydrogen-bond acceptors (Lipinski definition) is 2. The van der Waals surface area contributed by atoms with Crippen molar-refractivity contribution in [2.24, 2.45) is 5.73 Å². The first-order valence-electron chi connectivity index (χ1n) is 3.09. The van der Waals surface area contributed by atoms with E-state index in [0.29, 0.717) is 5.56 Å². The topological polar surface area (TPSA) is 62.8 Å². The lowest BCUT2D eigenvalue weighted by Gasteiger charge is -2.00. The van der Waals surface area contributed by atoms with E-state index >= 15 is 0 Å². The number of nitrogens with one attached hydrogen (secondary N) is 1. The molecule has 0 radical (unpaired) electrons. The van der Waals surface area contributed by atoms with Crippen LogP contribution >= 0.6 is 11.6 Å². The van der Waals surface area contributed by atoms with Crippen molar-refractivity contribution in [1.29, 1.82) is 5.41 Å². The predicted molar refractivity (Wildman–Crippen MR) is 45.0 cm³/mol. The molecule has 3 N–H and O–H groups in total. The van der Waals surface area contributed by atoms with Crippen molar-refractivity contribution in [1.82, 2.24) is 4.98 Å². The molecule has 0 aliphatic heterocycles. The van der Waals surface area contributed by atoms with Crippen LogP contribution in [0.4, 0.5) is 0 Å².